The minimum absolute atomic E-state index is 1.09. The summed E-state index contributed by atoms with van der Waals surface area (Å²) in [4.78, 5) is 4.02. The van der Waals surface area contributed by atoms with Gasteiger partial charge in [0.25, 0.3) is 0 Å². The Morgan fingerprint density at radius 2 is 2.27 bits per heavy atom. The molecule has 0 radical (unpaired) electrons. The lowest BCUT2D eigenvalue weighted by Gasteiger charge is -2.19. The Morgan fingerprint density at radius 3 is 2.87 bits per heavy atom. The number of rotatable bonds is 8. The molecule has 3 heteroatoms. The van der Waals surface area contributed by atoms with Gasteiger partial charge in [-0.05, 0) is 44.4 Å². The van der Waals surface area contributed by atoms with Gasteiger partial charge in [-0.15, -0.1) is 11.3 Å². The lowest BCUT2D eigenvalue weighted by molar-refractivity contribution is 0.286. The van der Waals surface area contributed by atoms with E-state index in [1.54, 1.807) is 0 Å². The van der Waals surface area contributed by atoms with Gasteiger partial charge < -0.3 is 10.2 Å². The van der Waals surface area contributed by atoms with Crippen LogP contribution in [0.5, 0.6) is 0 Å². The largest absolute Gasteiger partial charge is 0.318 e. The molecule has 0 fully saturated rings. The van der Waals surface area contributed by atoms with Crippen molar-refractivity contribution in [2.75, 3.05) is 33.2 Å². The molecule has 0 aliphatic rings. The number of hydrogen-bond donors (Lipinski definition) is 1. The van der Waals surface area contributed by atoms with Crippen molar-refractivity contribution in [3.05, 3.63) is 22.4 Å². The molecule has 0 aliphatic carbocycles. The molecule has 0 saturated heterocycles. The van der Waals surface area contributed by atoms with Gasteiger partial charge in [-0.25, -0.2) is 0 Å². The highest BCUT2D eigenvalue weighted by molar-refractivity contribution is 7.09. The molecule has 0 bridgehead atoms. The number of thiophene rings is 1. The van der Waals surface area contributed by atoms with Gasteiger partial charge in [-0.1, -0.05) is 13.0 Å². The van der Waals surface area contributed by atoms with E-state index in [1.165, 1.54) is 24.3 Å². The van der Waals surface area contributed by atoms with Crippen molar-refractivity contribution in [3.8, 4) is 0 Å². The fourth-order valence-corrected chi connectivity index (χ4v) is 2.38. The molecule has 15 heavy (non-hydrogen) atoms. The van der Waals surface area contributed by atoms with Crippen LogP contribution in [0.15, 0.2) is 17.5 Å². The molecule has 1 aromatic heterocycles. The first kappa shape index (κ1) is 12.7. The molecule has 0 aliphatic heterocycles. The molecule has 0 amide bonds. The highest BCUT2D eigenvalue weighted by atomic mass is 32.1. The van der Waals surface area contributed by atoms with Gasteiger partial charge in [-0.3, -0.25) is 0 Å². The molecule has 0 aromatic carbocycles. The van der Waals surface area contributed by atoms with Crippen LogP contribution in [0.25, 0.3) is 0 Å². The summed E-state index contributed by atoms with van der Waals surface area (Å²) < 4.78 is 0. The Labute approximate surface area is 97.3 Å². The molecule has 0 unspecified atom stereocenters. The highest BCUT2D eigenvalue weighted by Gasteiger charge is 2.01. The first-order chi connectivity index (χ1) is 7.36. The van der Waals surface area contributed by atoms with E-state index in [0.29, 0.717) is 0 Å². The molecule has 1 rings (SSSR count). The Bertz CT molecular complexity index is 234. The summed E-state index contributed by atoms with van der Waals surface area (Å²) in [5.74, 6) is 0. The quantitative estimate of drug-likeness (QED) is 0.731. The third-order valence-electron chi connectivity index (χ3n) is 2.60. The van der Waals surface area contributed by atoms with Crippen LogP contribution in [-0.2, 0) is 6.42 Å². The topological polar surface area (TPSA) is 15.3 Å². The zero-order chi connectivity index (χ0) is 10.9. The van der Waals surface area contributed by atoms with Crippen LogP contribution in [0, 0.1) is 0 Å². The van der Waals surface area contributed by atoms with Crippen LogP contribution in [0.1, 0.15) is 18.2 Å². The zero-order valence-electron chi connectivity index (χ0n) is 9.83. The van der Waals surface area contributed by atoms with Crippen molar-refractivity contribution >= 4 is 11.3 Å². The summed E-state index contributed by atoms with van der Waals surface area (Å²) in [5.41, 5.74) is 0. The predicted octanol–water partition coefficient (Wildman–Crippen LogP) is 2.22. The van der Waals surface area contributed by atoms with Gasteiger partial charge in [-0.2, -0.15) is 0 Å². The van der Waals surface area contributed by atoms with E-state index in [0.717, 1.165) is 19.6 Å². The molecule has 0 atom stereocenters. The number of nitrogens with zero attached hydrogens (tertiary/aromatic N) is 1. The molecule has 1 aromatic rings. The maximum absolute atomic E-state index is 3.20. The Balaban J connectivity index is 2.11. The third-order valence-corrected chi connectivity index (χ3v) is 3.54. The van der Waals surface area contributed by atoms with Gasteiger partial charge in [0.15, 0.2) is 0 Å². The second kappa shape index (κ2) is 7.85. The number of likely N-dealkylation sites (N-methyl/N-ethyl adjacent to an activating group) is 2. The van der Waals surface area contributed by atoms with Crippen molar-refractivity contribution in [2.24, 2.45) is 0 Å². The Hall–Kier alpha value is -0.380. The predicted molar refractivity (Wildman–Crippen MR) is 68.7 cm³/mol. The van der Waals surface area contributed by atoms with Gasteiger partial charge in [0, 0.05) is 18.0 Å². The normalized spacial score (nSPS) is 11.1. The van der Waals surface area contributed by atoms with Crippen LogP contribution >= 0.6 is 11.3 Å². The molecule has 0 saturated carbocycles. The fourth-order valence-electron chi connectivity index (χ4n) is 1.63. The summed E-state index contributed by atoms with van der Waals surface area (Å²) >= 11 is 1.87. The van der Waals surface area contributed by atoms with Crippen molar-refractivity contribution in [2.45, 2.75) is 19.8 Å². The maximum atomic E-state index is 3.20. The second-order valence-electron chi connectivity index (χ2n) is 3.72. The second-order valence-corrected chi connectivity index (χ2v) is 4.75. The zero-order valence-corrected chi connectivity index (χ0v) is 10.6. The Kier molecular flexibility index (Phi) is 6.64. The highest BCUT2D eigenvalue weighted by Crippen LogP contribution is 2.10. The molecule has 2 nitrogen and oxygen atoms in total. The number of hydrogen-bond acceptors (Lipinski definition) is 3. The summed E-state index contributed by atoms with van der Waals surface area (Å²) in [6, 6.07) is 4.37. The van der Waals surface area contributed by atoms with Crippen molar-refractivity contribution in [1.29, 1.82) is 0 Å². The third kappa shape index (κ3) is 5.30. The van der Waals surface area contributed by atoms with Gasteiger partial charge in [0.1, 0.15) is 0 Å². The lowest BCUT2D eigenvalue weighted by atomic mass is 10.2. The van der Waals surface area contributed by atoms with Crippen LogP contribution in [0.2, 0.25) is 0 Å². The molecule has 0 spiro atoms. The van der Waals surface area contributed by atoms with Gasteiger partial charge >= 0.3 is 0 Å². The molecular formula is C12H22N2S. The van der Waals surface area contributed by atoms with Crippen molar-refractivity contribution < 1.29 is 0 Å². The maximum Gasteiger partial charge on any atom is 0.0107 e. The Morgan fingerprint density at radius 1 is 1.40 bits per heavy atom. The smallest absolute Gasteiger partial charge is 0.0107 e. The SMILES string of the molecule is CCN(CCCc1cccs1)CCNC. The van der Waals surface area contributed by atoms with Crippen LogP contribution < -0.4 is 5.32 Å². The fraction of sp³-hybridized carbons (Fsp3) is 0.667. The van der Waals surface area contributed by atoms with E-state index in [1.807, 2.05) is 18.4 Å². The first-order valence-electron chi connectivity index (χ1n) is 5.76. The molecular weight excluding hydrogens is 204 g/mol. The van der Waals surface area contributed by atoms with Crippen molar-refractivity contribution in [1.82, 2.24) is 10.2 Å². The van der Waals surface area contributed by atoms with Crippen LogP contribution in [0.4, 0.5) is 0 Å². The number of aryl methyl sites for hydroxylation is 1. The van der Waals surface area contributed by atoms with E-state index in [2.05, 4.69) is 34.7 Å². The standard InChI is InChI=1S/C12H22N2S/c1-3-14(10-8-13-2)9-4-6-12-7-5-11-15-12/h5,7,11,13H,3-4,6,8-10H2,1-2H3. The van der Waals surface area contributed by atoms with E-state index < -0.39 is 0 Å². The molecule has 1 heterocycles. The summed E-state index contributed by atoms with van der Waals surface area (Å²) in [6.07, 6.45) is 2.51. The van der Waals surface area contributed by atoms with Gasteiger partial charge in [0.05, 0.1) is 0 Å². The average Bonchev–Trinajstić information content (AvgIpc) is 2.76. The first-order valence-corrected chi connectivity index (χ1v) is 6.64. The van der Waals surface area contributed by atoms with Crippen molar-refractivity contribution in [3.63, 3.8) is 0 Å². The minimum atomic E-state index is 1.09. The van der Waals surface area contributed by atoms with E-state index in [4.69, 9.17) is 0 Å². The monoisotopic (exact) mass is 226 g/mol. The van der Waals surface area contributed by atoms with E-state index >= 15 is 0 Å². The van der Waals surface area contributed by atoms with Crippen LogP contribution in [0.3, 0.4) is 0 Å². The van der Waals surface area contributed by atoms with Crippen LogP contribution in [-0.4, -0.2) is 38.1 Å². The summed E-state index contributed by atoms with van der Waals surface area (Å²) in [6.45, 7) is 6.87. The van der Waals surface area contributed by atoms with Gasteiger partial charge in [0.2, 0.25) is 0 Å². The average molecular weight is 226 g/mol. The lowest BCUT2D eigenvalue weighted by Crippen LogP contribution is -2.31. The minimum Gasteiger partial charge on any atom is -0.318 e. The molecule has 1 N–H and O–H groups in total. The van der Waals surface area contributed by atoms with E-state index in [-0.39, 0.29) is 0 Å². The summed E-state index contributed by atoms with van der Waals surface area (Å²) in [7, 11) is 2.01. The molecule has 86 valence electrons. The number of nitrogens with one attached hydrogen (secondary N) is 1. The van der Waals surface area contributed by atoms with E-state index in [9.17, 15) is 0 Å². The summed E-state index contributed by atoms with van der Waals surface area (Å²) in [5, 5.41) is 5.36.